The topological polar surface area (TPSA) is 131 Å². The third-order valence-electron chi connectivity index (χ3n) is 4.59. The molecule has 0 bridgehead atoms. The van der Waals surface area contributed by atoms with E-state index in [1.54, 1.807) is 6.92 Å². The number of nitro groups is 1. The van der Waals surface area contributed by atoms with Crippen LogP contribution in [-0.2, 0) is 9.53 Å². The summed E-state index contributed by atoms with van der Waals surface area (Å²) in [7, 11) is 0. The maximum absolute atomic E-state index is 12.7. The van der Waals surface area contributed by atoms with Gasteiger partial charge < -0.3 is 20.5 Å². The normalized spacial score (nSPS) is 20.5. The van der Waals surface area contributed by atoms with Crippen LogP contribution in [0.25, 0.3) is 0 Å². The van der Waals surface area contributed by atoms with Crippen LogP contribution in [0.2, 0.25) is 0 Å². The SMILES string of the molecule is CC1=C(C(=O)OC2CCCC2)[C@H](c2ccc(O)c([N+](=O)[O-])c2)NC(=O)N1. The summed E-state index contributed by atoms with van der Waals surface area (Å²) < 4.78 is 5.54. The van der Waals surface area contributed by atoms with Gasteiger partial charge in [-0.25, -0.2) is 9.59 Å². The summed E-state index contributed by atoms with van der Waals surface area (Å²) in [5.74, 6) is -1.06. The fourth-order valence-corrected chi connectivity index (χ4v) is 3.30. The van der Waals surface area contributed by atoms with Gasteiger partial charge in [-0.3, -0.25) is 10.1 Å². The largest absolute Gasteiger partial charge is 0.502 e. The van der Waals surface area contributed by atoms with E-state index < -0.39 is 34.4 Å². The minimum atomic E-state index is -0.906. The summed E-state index contributed by atoms with van der Waals surface area (Å²) >= 11 is 0. The van der Waals surface area contributed by atoms with Crippen molar-refractivity contribution in [2.24, 2.45) is 0 Å². The van der Waals surface area contributed by atoms with Crippen molar-refractivity contribution < 1.29 is 24.4 Å². The van der Waals surface area contributed by atoms with Gasteiger partial charge in [0.1, 0.15) is 6.10 Å². The fraction of sp³-hybridized carbons (Fsp3) is 0.412. The molecule has 1 fully saturated rings. The van der Waals surface area contributed by atoms with E-state index in [1.807, 2.05) is 0 Å². The smallest absolute Gasteiger partial charge is 0.338 e. The quantitative estimate of drug-likeness (QED) is 0.429. The van der Waals surface area contributed by atoms with Crippen molar-refractivity contribution in [2.45, 2.75) is 44.8 Å². The van der Waals surface area contributed by atoms with E-state index in [4.69, 9.17) is 4.74 Å². The molecule has 138 valence electrons. The van der Waals surface area contributed by atoms with Crippen LogP contribution in [0.15, 0.2) is 29.5 Å². The zero-order valence-electron chi connectivity index (χ0n) is 14.2. The Morgan fingerprint density at radius 3 is 2.69 bits per heavy atom. The first-order chi connectivity index (χ1) is 12.4. The Balaban J connectivity index is 1.96. The van der Waals surface area contributed by atoms with Crippen LogP contribution < -0.4 is 10.6 Å². The van der Waals surface area contributed by atoms with Crippen molar-refractivity contribution in [3.05, 3.63) is 45.1 Å². The van der Waals surface area contributed by atoms with Crippen molar-refractivity contribution in [2.75, 3.05) is 0 Å². The molecule has 3 rings (SSSR count). The maximum Gasteiger partial charge on any atom is 0.338 e. The van der Waals surface area contributed by atoms with E-state index in [0.717, 1.165) is 37.8 Å². The van der Waals surface area contributed by atoms with Crippen molar-refractivity contribution in [1.82, 2.24) is 10.6 Å². The minimum Gasteiger partial charge on any atom is -0.502 e. The van der Waals surface area contributed by atoms with Gasteiger partial charge in [0.25, 0.3) is 0 Å². The molecule has 2 aliphatic rings. The number of phenols is 1. The van der Waals surface area contributed by atoms with Gasteiger partial charge >= 0.3 is 17.7 Å². The molecular weight excluding hydrogens is 342 g/mol. The third kappa shape index (κ3) is 3.46. The minimum absolute atomic E-state index is 0.157. The number of esters is 1. The number of ether oxygens (including phenoxy) is 1. The van der Waals surface area contributed by atoms with Crippen molar-refractivity contribution in [3.8, 4) is 5.75 Å². The second kappa shape index (κ2) is 7.03. The highest BCUT2D eigenvalue weighted by Crippen LogP contribution is 2.34. The van der Waals surface area contributed by atoms with Gasteiger partial charge in [-0.1, -0.05) is 6.07 Å². The summed E-state index contributed by atoms with van der Waals surface area (Å²) in [5, 5.41) is 25.8. The van der Waals surface area contributed by atoms with E-state index in [-0.39, 0.29) is 11.7 Å². The zero-order chi connectivity index (χ0) is 18.8. The Kier molecular flexibility index (Phi) is 4.79. The summed E-state index contributed by atoms with van der Waals surface area (Å²) in [6.07, 6.45) is 3.44. The van der Waals surface area contributed by atoms with Crippen molar-refractivity contribution >= 4 is 17.7 Å². The molecule has 1 aromatic rings. The summed E-state index contributed by atoms with van der Waals surface area (Å²) in [4.78, 5) is 34.9. The van der Waals surface area contributed by atoms with E-state index >= 15 is 0 Å². The lowest BCUT2D eigenvalue weighted by Gasteiger charge is -2.28. The number of nitro benzene ring substituents is 1. The number of hydrogen-bond donors (Lipinski definition) is 3. The Morgan fingerprint density at radius 1 is 1.35 bits per heavy atom. The molecule has 0 saturated heterocycles. The number of allylic oxidation sites excluding steroid dienone is 1. The highest BCUT2D eigenvalue weighted by atomic mass is 16.6. The van der Waals surface area contributed by atoms with Crippen LogP contribution in [0.4, 0.5) is 10.5 Å². The molecule has 0 spiro atoms. The number of benzene rings is 1. The first-order valence-electron chi connectivity index (χ1n) is 8.33. The van der Waals surface area contributed by atoms with Gasteiger partial charge in [0.2, 0.25) is 0 Å². The first-order valence-corrected chi connectivity index (χ1v) is 8.33. The van der Waals surface area contributed by atoms with Crippen molar-refractivity contribution in [1.29, 1.82) is 0 Å². The molecule has 0 aromatic heterocycles. The molecule has 9 heteroatoms. The zero-order valence-corrected chi connectivity index (χ0v) is 14.2. The molecule has 1 saturated carbocycles. The maximum atomic E-state index is 12.7. The molecule has 1 atom stereocenters. The lowest BCUT2D eigenvalue weighted by molar-refractivity contribution is -0.385. The highest BCUT2D eigenvalue weighted by molar-refractivity contribution is 5.95. The van der Waals surface area contributed by atoms with E-state index in [1.165, 1.54) is 6.07 Å². The van der Waals surface area contributed by atoms with Gasteiger partial charge in [0.15, 0.2) is 5.75 Å². The molecule has 1 aromatic carbocycles. The molecule has 1 aliphatic carbocycles. The molecular formula is C17H19N3O6. The number of carbonyl (C=O) groups is 2. The summed E-state index contributed by atoms with van der Waals surface area (Å²) in [6.45, 7) is 1.58. The van der Waals surface area contributed by atoms with Gasteiger partial charge in [-0.05, 0) is 44.2 Å². The Hall–Kier alpha value is -3.10. The van der Waals surface area contributed by atoms with Crippen LogP contribution in [0.3, 0.4) is 0 Å². The lowest BCUT2D eigenvalue weighted by Crippen LogP contribution is -2.45. The van der Waals surface area contributed by atoms with Gasteiger partial charge in [0, 0.05) is 11.8 Å². The number of amides is 2. The molecule has 0 unspecified atom stereocenters. The Labute approximate surface area is 149 Å². The standard InChI is InChI=1S/C17H19N3O6/c1-9-14(16(22)26-11-4-2-3-5-11)15(19-17(23)18-9)10-6-7-13(21)12(8-10)20(24)25/h6-8,11,15,21H,2-5H2,1H3,(H2,18,19,23)/t15-/m0/s1. The number of urea groups is 1. The van der Waals surface area contributed by atoms with Gasteiger partial charge in [0.05, 0.1) is 16.5 Å². The average molecular weight is 361 g/mol. The number of carbonyl (C=O) groups excluding carboxylic acids is 2. The third-order valence-corrected chi connectivity index (χ3v) is 4.59. The van der Waals surface area contributed by atoms with Gasteiger partial charge in [-0.2, -0.15) is 0 Å². The van der Waals surface area contributed by atoms with Crippen LogP contribution in [0.1, 0.15) is 44.2 Å². The predicted octanol–water partition coefficient (Wildman–Crippen LogP) is 2.41. The van der Waals surface area contributed by atoms with Gasteiger partial charge in [-0.15, -0.1) is 0 Å². The number of nitrogens with zero attached hydrogens (tertiary/aromatic N) is 1. The summed E-state index contributed by atoms with van der Waals surface area (Å²) in [5.41, 5.74) is 0.326. The molecule has 2 amide bonds. The van der Waals surface area contributed by atoms with Crippen LogP contribution in [-0.4, -0.2) is 28.1 Å². The lowest BCUT2D eigenvalue weighted by atomic mass is 9.95. The highest BCUT2D eigenvalue weighted by Gasteiger charge is 2.34. The number of phenolic OH excluding ortho intramolecular Hbond substituents is 1. The number of rotatable bonds is 4. The molecule has 1 aliphatic heterocycles. The second-order valence-electron chi connectivity index (χ2n) is 6.39. The van der Waals surface area contributed by atoms with Crippen molar-refractivity contribution in [3.63, 3.8) is 0 Å². The Morgan fingerprint density at radius 2 is 2.04 bits per heavy atom. The number of hydrogen-bond acceptors (Lipinski definition) is 6. The van der Waals surface area contributed by atoms with E-state index in [2.05, 4.69) is 10.6 Å². The van der Waals surface area contributed by atoms with Crippen LogP contribution in [0.5, 0.6) is 5.75 Å². The number of aromatic hydroxyl groups is 1. The molecule has 26 heavy (non-hydrogen) atoms. The molecule has 0 radical (unpaired) electrons. The van der Waals surface area contributed by atoms with Crippen LogP contribution >= 0.6 is 0 Å². The van der Waals surface area contributed by atoms with E-state index in [9.17, 15) is 24.8 Å². The Bertz CT molecular complexity index is 798. The van der Waals surface area contributed by atoms with Crippen LogP contribution in [0, 0.1) is 10.1 Å². The monoisotopic (exact) mass is 361 g/mol. The molecule has 9 nitrogen and oxygen atoms in total. The second-order valence-corrected chi connectivity index (χ2v) is 6.39. The fourth-order valence-electron chi connectivity index (χ4n) is 3.30. The first kappa shape index (κ1) is 17.7. The average Bonchev–Trinajstić information content (AvgIpc) is 3.07. The number of nitrogens with one attached hydrogen (secondary N) is 2. The van der Waals surface area contributed by atoms with E-state index in [0.29, 0.717) is 11.3 Å². The predicted molar refractivity (Wildman–Crippen MR) is 90.2 cm³/mol. The molecule has 1 heterocycles. The molecule has 3 N–H and O–H groups in total. The summed E-state index contributed by atoms with van der Waals surface area (Å²) in [6, 6.07) is 2.30.